The van der Waals surface area contributed by atoms with Gasteiger partial charge in [0.05, 0.1) is 45.1 Å². The van der Waals surface area contributed by atoms with E-state index >= 15 is 0 Å². The standard InChI is InChI=1S/C33H35N2.C33H34N.C27H32N.C25H28N/c1-20(2)35-31-8-6-5-7-27(31)30-15-21(3)28(19-32(30)35)33-26-12-11-24(18-25(26)13-14-34(33)4)29-17-22-9-10-23(29)16-22;1-20-15-29-26-7-5-6-8-30(26)33(2,3)31(29)19-27(20)32-25-12-11-23(18-24(25)13-14-34(32)4)28-17-21-9-10-22(28)16-21;1-5-20-12-17(2)13-25(18(20)3)27-24-9-8-22(16-23(24)10-11-28(27)4)26-15-19-6-7-21(26)14-19;1-16-5-4-6-22(17(16)2)25-23-10-9-20(15-21(23)11-12-26(25)3)24-14-18-7-8-19(24)13-18/h5-8,11-15,18-20,22-23,29H,9-10,16-17H2,1-4H3;5-8,11-15,18-19,21-22,28H,9-10,16-17H2,1-4H3;8-13,16,19,21,26H,5-7,14-15H2,1-4H3;4-6,9-12,15,18-19,24H,7-8,13-14H2,1-3H3/q4*+1/i;;2D3,5D2;4D. The molecule has 9 aliphatic carbocycles. The van der Waals surface area contributed by atoms with Gasteiger partial charge < -0.3 is 4.57 Å². The van der Waals surface area contributed by atoms with Crippen LogP contribution in [0.2, 0.25) is 0 Å². The van der Waals surface area contributed by atoms with E-state index in [0.717, 1.165) is 92.7 Å². The molecule has 10 aromatic carbocycles. The Morgan fingerprint density at radius 3 is 1.24 bits per heavy atom. The number of para-hydroxylation sites is 1. The number of hydrogen-bond acceptors (Lipinski definition) is 0. The van der Waals surface area contributed by atoms with Crippen molar-refractivity contribution in [2.75, 3.05) is 0 Å². The van der Waals surface area contributed by atoms with E-state index < -0.39 is 13.2 Å². The molecule has 8 fully saturated rings. The third-order valence-corrected chi connectivity index (χ3v) is 33.0. The Kier molecular flexibility index (Phi) is 18.6. The molecule has 622 valence electrons. The largest absolute Gasteiger partial charge is 0.338 e. The maximum Gasteiger partial charge on any atom is 0.220 e. The number of nitrogens with zero attached hydrogens (tertiary/aromatic N) is 5. The van der Waals surface area contributed by atoms with Gasteiger partial charge in [0.15, 0.2) is 24.8 Å². The first-order valence-corrected chi connectivity index (χ1v) is 47.1. The van der Waals surface area contributed by atoms with Crippen molar-refractivity contribution in [3.63, 3.8) is 0 Å². The van der Waals surface area contributed by atoms with Crippen LogP contribution in [0.1, 0.15) is 248 Å². The van der Waals surface area contributed by atoms with Gasteiger partial charge in [0.2, 0.25) is 22.8 Å². The van der Waals surface area contributed by atoms with Gasteiger partial charge in [-0.15, -0.1) is 0 Å². The molecule has 8 bridgehead atoms. The van der Waals surface area contributed by atoms with Gasteiger partial charge in [0.25, 0.3) is 0 Å². The van der Waals surface area contributed by atoms with Gasteiger partial charge in [-0.25, -0.2) is 18.3 Å². The predicted molar refractivity (Wildman–Crippen MR) is 514 cm³/mol. The molecule has 5 aromatic heterocycles. The number of aryl methyl sites for hydroxylation is 9. The number of hydrogen-bond donors (Lipinski definition) is 0. The minimum Gasteiger partial charge on any atom is -0.338 e. The highest BCUT2D eigenvalue weighted by atomic mass is 15.0. The summed E-state index contributed by atoms with van der Waals surface area (Å²) in [4.78, 5) is 0. The molecule has 24 rings (SSSR count). The zero-order valence-corrected chi connectivity index (χ0v) is 75.3. The van der Waals surface area contributed by atoms with Crippen molar-refractivity contribution in [3.05, 3.63) is 297 Å². The summed E-state index contributed by atoms with van der Waals surface area (Å²) in [5.41, 5.74) is 30.5. The molecule has 12 unspecified atom stereocenters. The summed E-state index contributed by atoms with van der Waals surface area (Å²) >= 11 is 0. The van der Waals surface area contributed by atoms with Crippen molar-refractivity contribution >= 4 is 64.9 Å². The normalized spacial score (nSPS) is 24.3. The van der Waals surface area contributed by atoms with E-state index in [0.29, 0.717) is 23.6 Å². The Morgan fingerprint density at radius 2 is 0.805 bits per heavy atom. The Labute approximate surface area is 740 Å². The summed E-state index contributed by atoms with van der Waals surface area (Å²) in [6.45, 7) is 19.3. The maximum absolute atomic E-state index is 8.33. The van der Waals surface area contributed by atoms with Gasteiger partial charge in [0, 0.05) is 64.4 Å². The van der Waals surface area contributed by atoms with E-state index in [1.165, 1.54) is 259 Å². The highest BCUT2D eigenvalue weighted by molar-refractivity contribution is 6.10. The number of pyridine rings is 4. The first-order chi connectivity index (χ1) is 61.8. The molecule has 5 heterocycles. The molecule has 12 atom stereocenters. The smallest absolute Gasteiger partial charge is 0.220 e. The SMILES string of the molecule is Cc1cc2c(cc1-c1c3ccc(C4CC5CCC4C5)cc3cc[n+]1C)C(C)(C)c1ccccc1-2.Cc1cc2c3ccccc3n(C(C)C)c2cc1-c1c2ccc(C3CC4CCC3C4)cc2cc[n+]1C.[2H]C([2H])([2H])c1cc(-c2c3ccc(C4CC5CCC4C5)cc3cc[n+]2C)c(C)c(C([2H])([2H])C)c1.[2H]c1cc(C)c(C)c(-c2c3ccc(C4CC5CCC4C5)cc3cc[n+]2C)c1. The van der Waals surface area contributed by atoms with Crippen LogP contribution >= 0.6 is 0 Å². The van der Waals surface area contributed by atoms with E-state index in [1.54, 1.807) is 17.2 Å². The fourth-order valence-corrected chi connectivity index (χ4v) is 26.7. The fourth-order valence-electron chi connectivity index (χ4n) is 26.7. The minimum absolute atomic E-state index is 0.0203. The Bertz CT molecular complexity index is 7050. The third kappa shape index (κ3) is 13.8. The van der Waals surface area contributed by atoms with Gasteiger partial charge in [0.1, 0.15) is 28.2 Å². The maximum atomic E-state index is 8.33. The van der Waals surface area contributed by atoms with Crippen LogP contribution in [0, 0.1) is 88.8 Å². The van der Waals surface area contributed by atoms with Crippen LogP contribution in [-0.4, -0.2) is 4.57 Å². The number of benzene rings is 10. The number of fused-ring (bicyclic) bond motifs is 18. The summed E-state index contributed by atoms with van der Waals surface area (Å²) in [5.74, 6) is 10.4. The second-order valence-electron chi connectivity index (χ2n) is 40.8. The van der Waals surface area contributed by atoms with E-state index in [9.17, 15) is 0 Å². The predicted octanol–water partition coefficient (Wildman–Crippen LogP) is 28.3. The molecule has 9 aliphatic rings. The first kappa shape index (κ1) is 73.0. The van der Waals surface area contributed by atoms with E-state index in [4.69, 9.17) is 8.22 Å². The zero-order chi connectivity index (χ0) is 89.4. The Morgan fingerprint density at radius 1 is 0.374 bits per heavy atom. The minimum atomic E-state index is -2.30. The summed E-state index contributed by atoms with van der Waals surface area (Å²) in [6.07, 6.45) is 29.8. The topological polar surface area (TPSA) is 20.4 Å². The van der Waals surface area contributed by atoms with Crippen LogP contribution in [0.25, 0.3) is 121 Å². The second-order valence-corrected chi connectivity index (χ2v) is 40.8. The van der Waals surface area contributed by atoms with Crippen molar-refractivity contribution in [3.8, 4) is 56.2 Å². The molecule has 0 N–H and O–H groups in total. The first-order valence-electron chi connectivity index (χ1n) is 50.1. The number of aromatic nitrogens is 5. The summed E-state index contributed by atoms with van der Waals surface area (Å²) in [6, 6.07) is 73.5. The van der Waals surface area contributed by atoms with E-state index in [1.807, 2.05) is 36.9 Å². The summed E-state index contributed by atoms with van der Waals surface area (Å²) in [7, 11) is 8.48. The lowest BCUT2D eigenvalue weighted by Gasteiger charge is -2.23. The molecular weight excluding hydrogens is 1490 g/mol. The van der Waals surface area contributed by atoms with E-state index in [2.05, 4.69) is 283 Å². The van der Waals surface area contributed by atoms with Gasteiger partial charge in [-0.3, -0.25) is 0 Å². The van der Waals surface area contributed by atoms with Crippen LogP contribution in [0.15, 0.2) is 225 Å². The van der Waals surface area contributed by atoms with Gasteiger partial charge in [-0.1, -0.05) is 162 Å². The molecule has 8 saturated carbocycles. The molecule has 15 aromatic rings. The zero-order valence-electron chi connectivity index (χ0n) is 81.3. The second kappa shape index (κ2) is 31.4. The Hall–Kier alpha value is -10.4. The summed E-state index contributed by atoms with van der Waals surface area (Å²) in [5, 5.41) is 13.0. The van der Waals surface area contributed by atoms with Crippen LogP contribution in [0.5, 0.6) is 0 Å². The molecule has 0 spiro atoms. The third-order valence-electron chi connectivity index (χ3n) is 33.0. The van der Waals surface area contributed by atoms with Crippen molar-refractivity contribution in [2.24, 2.45) is 75.5 Å². The highest BCUT2D eigenvalue weighted by Gasteiger charge is 2.45. The van der Waals surface area contributed by atoms with Crippen LogP contribution in [0.3, 0.4) is 0 Å². The lowest BCUT2D eigenvalue weighted by Crippen LogP contribution is -2.31. The molecule has 123 heavy (non-hydrogen) atoms. The molecule has 0 amide bonds. The fraction of sp³-hybridized carbons (Fsp3) is 0.390. The summed E-state index contributed by atoms with van der Waals surface area (Å²) < 4.78 is 60.2. The van der Waals surface area contributed by atoms with Crippen molar-refractivity contribution < 1.29 is 26.5 Å². The average Bonchev–Trinajstić information content (AvgIpc) is 1.86. The number of rotatable bonds is 10. The molecule has 5 nitrogen and oxygen atoms in total. The molecule has 0 saturated heterocycles. The van der Waals surface area contributed by atoms with Gasteiger partial charge in [-0.05, 0) is 375 Å². The van der Waals surface area contributed by atoms with Gasteiger partial charge >= 0.3 is 0 Å². The van der Waals surface area contributed by atoms with Gasteiger partial charge in [-0.2, -0.15) is 0 Å². The van der Waals surface area contributed by atoms with E-state index in [-0.39, 0.29) is 11.0 Å². The van der Waals surface area contributed by atoms with Crippen molar-refractivity contribution in [1.82, 2.24) is 4.57 Å². The monoisotopic (exact) mass is 1620 g/mol. The van der Waals surface area contributed by atoms with Crippen LogP contribution in [0.4, 0.5) is 0 Å². The molecular formula is C118H129N5+4. The van der Waals surface area contributed by atoms with Crippen LogP contribution in [-0.2, 0) is 40.0 Å². The molecule has 0 radical (unpaired) electrons. The highest BCUT2D eigenvalue weighted by Crippen LogP contribution is 2.58. The molecule has 0 aliphatic heterocycles. The Balaban J connectivity index is 0.000000105. The van der Waals surface area contributed by atoms with Crippen LogP contribution < -0.4 is 18.3 Å². The average molecular weight is 1620 g/mol. The lowest BCUT2D eigenvalue weighted by atomic mass is 9.81. The van der Waals surface area contributed by atoms with Crippen molar-refractivity contribution in [2.45, 2.75) is 220 Å². The van der Waals surface area contributed by atoms with Crippen molar-refractivity contribution in [1.29, 1.82) is 0 Å². The molecule has 5 heteroatoms. The lowest BCUT2D eigenvalue weighted by molar-refractivity contribution is -0.659. The quantitative estimate of drug-likeness (QED) is 0.122.